The van der Waals surface area contributed by atoms with Gasteiger partial charge in [-0.2, -0.15) is 0 Å². The zero-order valence-electron chi connectivity index (χ0n) is 8.89. The lowest BCUT2D eigenvalue weighted by Gasteiger charge is -2.27. The minimum atomic E-state index is 0.382. The van der Waals surface area contributed by atoms with Crippen LogP contribution in [0.4, 0.5) is 0 Å². The predicted octanol–water partition coefficient (Wildman–Crippen LogP) is 3.25. The molecule has 0 saturated heterocycles. The average molecular weight is 181 g/mol. The van der Waals surface area contributed by atoms with Crippen LogP contribution in [0.3, 0.4) is 0 Å². The first-order chi connectivity index (χ1) is 6.24. The Morgan fingerprint density at radius 1 is 1.38 bits per heavy atom. The van der Waals surface area contributed by atoms with Crippen LogP contribution in [0.15, 0.2) is 12.2 Å². The Hall–Kier alpha value is -0.300. The van der Waals surface area contributed by atoms with Crippen molar-refractivity contribution in [2.24, 2.45) is 11.7 Å². The predicted molar refractivity (Wildman–Crippen MR) is 58.6 cm³/mol. The fourth-order valence-corrected chi connectivity index (χ4v) is 2.21. The van der Waals surface area contributed by atoms with E-state index in [1.165, 1.54) is 37.7 Å². The van der Waals surface area contributed by atoms with Gasteiger partial charge in [-0.1, -0.05) is 38.3 Å². The summed E-state index contributed by atoms with van der Waals surface area (Å²) < 4.78 is 0. The highest BCUT2D eigenvalue weighted by Gasteiger charge is 2.20. The number of rotatable bonds is 4. The fourth-order valence-electron chi connectivity index (χ4n) is 2.21. The van der Waals surface area contributed by atoms with Crippen molar-refractivity contribution in [2.75, 3.05) is 0 Å². The van der Waals surface area contributed by atoms with Crippen LogP contribution < -0.4 is 5.73 Å². The highest BCUT2D eigenvalue weighted by Crippen LogP contribution is 2.28. The third-order valence-electron chi connectivity index (χ3n) is 3.28. The summed E-state index contributed by atoms with van der Waals surface area (Å²) in [6.07, 6.45) is 9.00. The maximum absolute atomic E-state index is 6.16. The summed E-state index contributed by atoms with van der Waals surface area (Å²) in [5, 5.41) is 0. The van der Waals surface area contributed by atoms with Gasteiger partial charge in [0, 0.05) is 6.04 Å². The summed E-state index contributed by atoms with van der Waals surface area (Å²) in [5.74, 6) is 0.775. The summed E-state index contributed by atoms with van der Waals surface area (Å²) in [7, 11) is 0. The van der Waals surface area contributed by atoms with Crippen molar-refractivity contribution in [3.63, 3.8) is 0 Å². The number of nitrogens with two attached hydrogens (primary N) is 1. The van der Waals surface area contributed by atoms with Crippen LogP contribution in [0.5, 0.6) is 0 Å². The Bertz CT molecular complexity index is 157. The van der Waals surface area contributed by atoms with Gasteiger partial charge in [0.25, 0.3) is 0 Å². The summed E-state index contributed by atoms with van der Waals surface area (Å²) in [5.41, 5.74) is 7.48. The van der Waals surface area contributed by atoms with Crippen LogP contribution in [0.2, 0.25) is 0 Å². The van der Waals surface area contributed by atoms with Gasteiger partial charge in [-0.05, 0) is 31.6 Å². The SMILES string of the molecule is C=C(CC)CC(N)C1CCCCC1. The molecule has 1 unspecified atom stereocenters. The highest BCUT2D eigenvalue weighted by atomic mass is 14.6. The van der Waals surface area contributed by atoms with Crippen molar-refractivity contribution in [1.29, 1.82) is 0 Å². The molecule has 1 atom stereocenters. The van der Waals surface area contributed by atoms with E-state index in [1.54, 1.807) is 0 Å². The van der Waals surface area contributed by atoms with Crippen molar-refractivity contribution >= 4 is 0 Å². The lowest BCUT2D eigenvalue weighted by Crippen LogP contribution is -2.31. The molecule has 0 aliphatic heterocycles. The molecule has 0 radical (unpaired) electrons. The van der Waals surface area contributed by atoms with Gasteiger partial charge in [-0.15, -0.1) is 0 Å². The number of hydrogen-bond donors (Lipinski definition) is 1. The normalized spacial score (nSPS) is 21.4. The smallest absolute Gasteiger partial charge is 0.0104 e. The molecule has 1 aliphatic rings. The first-order valence-corrected chi connectivity index (χ1v) is 5.66. The Labute approximate surface area is 82.4 Å². The highest BCUT2D eigenvalue weighted by molar-refractivity contribution is 4.97. The molecule has 1 nitrogen and oxygen atoms in total. The van der Waals surface area contributed by atoms with Crippen molar-refractivity contribution in [1.82, 2.24) is 0 Å². The Morgan fingerprint density at radius 3 is 2.54 bits per heavy atom. The van der Waals surface area contributed by atoms with Crippen LogP contribution in [0.25, 0.3) is 0 Å². The Balaban J connectivity index is 2.28. The minimum Gasteiger partial charge on any atom is -0.327 e. The molecule has 0 bridgehead atoms. The van der Waals surface area contributed by atoms with Gasteiger partial charge in [0.1, 0.15) is 0 Å². The third kappa shape index (κ3) is 3.51. The Kier molecular flexibility index (Phi) is 4.51. The van der Waals surface area contributed by atoms with Gasteiger partial charge < -0.3 is 5.73 Å². The van der Waals surface area contributed by atoms with Gasteiger partial charge in [0.05, 0.1) is 0 Å². The van der Waals surface area contributed by atoms with Crippen molar-refractivity contribution in [3.8, 4) is 0 Å². The van der Waals surface area contributed by atoms with E-state index in [4.69, 9.17) is 5.73 Å². The van der Waals surface area contributed by atoms with Gasteiger partial charge in [-0.3, -0.25) is 0 Å². The van der Waals surface area contributed by atoms with E-state index in [1.807, 2.05) is 0 Å². The summed E-state index contributed by atoms with van der Waals surface area (Å²) in [4.78, 5) is 0. The molecule has 0 aromatic rings. The van der Waals surface area contributed by atoms with E-state index < -0.39 is 0 Å². The van der Waals surface area contributed by atoms with Gasteiger partial charge in [-0.25, -0.2) is 0 Å². The second kappa shape index (κ2) is 5.43. The van der Waals surface area contributed by atoms with Crippen molar-refractivity contribution in [3.05, 3.63) is 12.2 Å². The molecular formula is C12H23N. The van der Waals surface area contributed by atoms with Crippen LogP contribution in [0, 0.1) is 5.92 Å². The summed E-state index contributed by atoms with van der Waals surface area (Å²) >= 11 is 0. The molecule has 1 saturated carbocycles. The molecule has 2 N–H and O–H groups in total. The van der Waals surface area contributed by atoms with Crippen molar-refractivity contribution in [2.45, 2.75) is 57.9 Å². The van der Waals surface area contributed by atoms with E-state index in [0.717, 1.165) is 18.8 Å². The summed E-state index contributed by atoms with van der Waals surface area (Å²) in [6, 6.07) is 0.382. The Morgan fingerprint density at radius 2 is 2.00 bits per heavy atom. The van der Waals surface area contributed by atoms with Crippen LogP contribution in [-0.4, -0.2) is 6.04 Å². The summed E-state index contributed by atoms with van der Waals surface area (Å²) in [6.45, 7) is 6.19. The molecule has 0 aromatic carbocycles. The molecule has 1 rings (SSSR count). The molecule has 13 heavy (non-hydrogen) atoms. The molecular weight excluding hydrogens is 158 g/mol. The molecule has 1 fully saturated rings. The quantitative estimate of drug-likeness (QED) is 0.662. The van der Waals surface area contributed by atoms with E-state index in [0.29, 0.717) is 6.04 Å². The maximum atomic E-state index is 6.16. The van der Waals surface area contributed by atoms with E-state index >= 15 is 0 Å². The molecule has 0 spiro atoms. The van der Waals surface area contributed by atoms with Crippen LogP contribution in [0.1, 0.15) is 51.9 Å². The largest absolute Gasteiger partial charge is 0.327 e. The molecule has 0 amide bonds. The van der Waals surface area contributed by atoms with Gasteiger partial charge in [0.2, 0.25) is 0 Å². The molecule has 0 heterocycles. The second-order valence-electron chi connectivity index (χ2n) is 4.37. The van der Waals surface area contributed by atoms with Crippen LogP contribution in [-0.2, 0) is 0 Å². The second-order valence-corrected chi connectivity index (χ2v) is 4.37. The van der Waals surface area contributed by atoms with Crippen LogP contribution >= 0.6 is 0 Å². The fraction of sp³-hybridized carbons (Fsp3) is 0.833. The number of hydrogen-bond acceptors (Lipinski definition) is 1. The van der Waals surface area contributed by atoms with E-state index in [-0.39, 0.29) is 0 Å². The topological polar surface area (TPSA) is 26.0 Å². The third-order valence-corrected chi connectivity index (χ3v) is 3.28. The van der Waals surface area contributed by atoms with E-state index in [2.05, 4.69) is 13.5 Å². The first-order valence-electron chi connectivity index (χ1n) is 5.66. The first kappa shape index (κ1) is 10.8. The molecule has 1 aliphatic carbocycles. The van der Waals surface area contributed by atoms with Gasteiger partial charge >= 0.3 is 0 Å². The van der Waals surface area contributed by atoms with Crippen molar-refractivity contribution < 1.29 is 0 Å². The standard InChI is InChI=1S/C12H23N/c1-3-10(2)9-12(13)11-7-5-4-6-8-11/h11-12H,2-9,13H2,1H3. The maximum Gasteiger partial charge on any atom is 0.0104 e. The van der Waals surface area contributed by atoms with Gasteiger partial charge in [0.15, 0.2) is 0 Å². The molecule has 1 heteroatoms. The average Bonchev–Trinajstić information content (AvgIpc) is 2.19. The zero-order chi connectivity index (χ0) is 9.68. The molecule has 0 aromatic heterocycles. The minimum absolute atomic E-state index is 0.382. The lowest BCUT2D eigenvalue weighted by atomic mass is 9.82. The monoisotopic (exact) mass is 181 g/mol. The van der Waals surface area contributed by atoms with E-state index in [9.17, 15) is 0 Å². The lowest BCUT2D eigenvalue weighted by molar-refractivity contribution is 0.302. The zero-order valence-corrected chi connectivity index (χ0v) is 8.89. The molecule has 76 valence electrons.